The zero-order valence-corrected chi connectivity index (χ0v) is 56.5. The summed E-state index contributed by atoms with van der Waals surface area (Å²) in [6.07, 6.45) is 0. The van der Waals surface area contributed by atoms with Crippen LogP contribution in [0.4, 0.5) is 0 Å². The second-order valence-electron chi connectivity index (χ2n) is 26.4. The second kappa shape index (κ2) is 26.0. The molecule has 0 radical (unpaired) electrons. The van der Waals surface area contributed by atoms with Crippen molar-refractivity contribution in [1.29, 1.82) is 0 Å². The Morgan fingerprint density at radius 3 is 0.474 bits per heavy atom. The summed E-state index contributed by atoms with van der Waals surface area (Å²) in [4.78, 5) is 0. The molecule has 0 saturated carbocycles. The van der Waals surface area contributed by atoms with Crippen LogP contribution in [0.1, 0.15) is 50.1 Å². The smallest absolute Gasteiger partial charge is 0.488 e. The van der Waals surface area contributed by atoms with E-state index in [9.17, 15) is 0 Å². The van der Waals surface area contributed by atoms with Gasteiger partial charge >= 0.3 is 7.32 Å². The molecule has 0 aliphatic heterocycles. The molecule has 0 unspecified atom stereocenters. The van der Waals surface area contributed by atoms with Crippen LogP contribution in [-0.2, 0) is 0 Å². The molecule has 15 aromatic rings. The molecule has 15 aromatic carbocycles. The highest BCUT2D eigenvalue weighted by Crippen LogP contribution is 2.56. The van der Waals surface area contributed by atoms with Gasteiger partial charge in [-0.3, -0.25) is 0 Å². The molecule has 0 aliphatic rings. The van der Waals surface area contributed by atoms with Crippen molar-refractivity contribution in [3.05, 3.63) is 341 Å². The van der Waals surface area contributed by atoms with Gasteiger partial charge in [-0.2, -0.15) is 0 Å². The van der Waals surface area contributed by atoms with Crippen molar-refractivity contribution in [3.63, 3.8) is 0 Å². The minimum atomic E-state index is -1.50. The molecule has 0 fully saturated rings. The Kier molecular flexibility index (Phi) is 16.6. The van der Waals surface area contributed by atoms with E-state index in [1.54, 1.807) is 0 Å². The third kappa shape index (κ3) is 12.0. The fourth-order valence-corrected chi connectivity index (χ4v) is 14.0. The third-order valence-corrected chi connectivity index (χ3v) is 19.2. The SMILES string of the molecule is Cc1ccc(-c2c(-c3ccc(C)cc3)c(-c3ccc(C)cc3)c3ccccc3c2OB(Oc2c(-c3ccc(C)cc3)c(-c3ccc(C)cc3)c(-c3ccc(C)cc3)c3ccccc23)Oc2c(-c3ccc(C)cc3)c(-c3ccc(C)cc3)c(-c3ccc(C)cc3)c3ccccc23)cc1. The number of aryl methyl sites for hydroxylation is 9. The maximum absolute atomic E-state index is 8.30. The number of benzene rings is 15. The molecule has 0 bridgehead atoms. The number of hydrogen-bond donors (Lipinski definition) is 0. The van der Waals surface area contributed by atoms with Gasteiger partial charge in [-0.1, -0.05) is 341 Å². The summed E-state index contributed by atoms with van der Waals surface area (Å²) >= 11 is 0. The van der Waals surface area contributed by atoms with Crippen LogP contribution in [0.2, 0.25) is 0 Å². The van der Waals surface area contributed by atoms with Crippen molar-refractivity contribution in [2.75, 3.05) is 0 Å². The maximum Gasteiger partial charge on any atom is 0.864 e. The van der Waals surface area contributed by atoms with E-state index in [0.717, 1.165) is 149 Å². The zero-order chi connectivity index (χ0) is 66.4. The van der Waals surface area contributed by atoms with Crippen LogP contribution in [-0.4, -0.2) is 7.32 Å². The van der Waals surface area contributed by atoms with Crippen LogP contribution in [0, 0.1) is 62.3 Å². The van der Waals surface area contributed by atoms with E-state index in [1.165, 1.54) is 33.4 Å². The van der Waals surface area contributed by atoms with Crippen molar-refractivity contribution in [2.45, 2.75) is 62.3 Å². The molecule has 0 atom stereocenters. The monoisotopic (exact) mass is 1250 g/mol. The summed E-state index contributed by atoms with van der Waals surface area (Å²) in [7, 11) is -1.50. The molecule has 4 heteroatoms. The van der Waals surface area contributed by atoms with Crippen molar-refractivity contribution in [2.24, 2.45) is 0 Å². The lowest BCUT2D eigenvalue weighted by Gasteiger charge is -2.29. The number of hydrogen-bond acceptors (Lipinski definition) is 3. The molecule has 0 amide bonds. The lowest BCUT2D eigenvalue weighted by atomic mass is 9.82. The normalized spacial score (nSPS) is 11.4. The van der Waals surface area contributed by atoms with E-state index < -0.39 is 7.32 Å². The van der Waals surface area contributed by atoms with E-state index in [1.807, 2.05) is 0 Å². The van der Waals surface area contributed by atoms with Crippen LogP contribution in [0.5, 0.6) is 17.2 Å². The molecular formula is C93H75BO3. The summed E-state index contributed by atoms with van der Waals surface area (Å²) in [5.41, 5.74) is 29.0. The molecule has 15 rings (SSSR count). The van der Waals surface area contributed by atoms with Crippen LogP contribution in [0.3, 0.4) is 0 Å². The fourth-order valence-electron chi connectivity index (χ4n) is 14.0. The predicted molar refractivity (Wildman–Crippen MR) is 411 cm³/mol. The van der Waals surface area contributed by atoms with E-state index in [2.05, 4.69) is 353 Å². The lowest BCUT2D eigenvalue weighted by Crippen LogP contribution is -2.38. The van der Waals surface area contributed by atoms with E-state index in [0.29, 0.717) is 17.2 Å². The maximum atomic E-state index is 8.30. The zero-order valence-electron chi connectivity index (χ0n) is 56.5. The topological polar surface area (TPSA) is 27.7 Å². The van der Waals surface area contributed by atoms with Gasteiger partial charge in [0, 0.05) is 49.5 Å². The van der Waals surface area contributed by atoms with Crippen molar-refractivity contribution in [1.82, 2.24) is 0 Å². The van der Waals surface area contributed by atoms with Crippen LogP contribution < -0.4 is 14.0 Å². The molecule has 0 N–H and O–H groups in total. The molecule has 0 aromatic heterocycles. The molecule has 468 valence electrons. The first-order valence-electron chi connectivity index (χ1n) is 33.7. The largest absolute Gasteiger partial charge is 0.864 e. The molecule has 3 nitrogen and oxygen atoms in total. The molecular weight excluding hydrogens is 1180 g/mol. The third-order valence-electron chi connectivity index (χ3n) is 19.2. The fraction of sp³-hybridized carbons (Fsp3) is 0.0968. The summed E-state index contributed by atoms with van der Waals surface area (Å²) in [6, 6.07) is 106. The average Bonchev–Trinajstić information content (AvgIpc) is 0.741. The second-order valence-corrected chi connectivity index (χ2v) is 26.4. The van der Waals surface area contributed by atoms with Gasteiger partial charge in [-0.25, -0.2) is 0 Å². The van der Waals surface area contributed by atoms with Crippen molar-refractivity contribution < 1.29 is 14.0 Å². The summed E-state index contributed by atoms with van der Waals surface area (Å²) in [5, 5.41) is 5.78. The Hall–Kier alpha value is -11.5. The van der Waals surface area contributed by atoms with Gasteiger partial charge in [-0.05, 0) is 145 Å². The summed E-state index contributed by atoms with van der Waals surface area (Å²) in [5.74, 6) is 1.84. The van der Waals surface area contributed by atoms with E-state index >= 15 is 0 Å². The predicted octanol–water partition coefficient (Wildman–Crippen LogP) is 25.4. The first-order valence-corrected chi connectivity index (χ1v) is 33.7. The van der Waals surface area contributed by atoms with Crippen molar-refractivity contribution >= 4 is 39.6 Å². The number of fused-ring (bicyclic) bond motifs is 3. The van der Waals surface area contributed by atoms with Gasteiger partial charge in [-0.15, -0.1) is 0 Å². The van der Waals surface area contributed by atoms with Gasteiger partial charge in [0.1, 0.15) is 17.2 Å². The first kappa shape index (κ1) is 61.7. The first-order chi connectivity index (χ1) is 47.3. The standard InChI is InChI=1S/C93H75BO3/c1-58-22-40-67(41-23-58)82-76-16-10-13-19-79(76)91(88(73-52-34-64(7)35-53-73)85(82)70-46-28-61(4)29-47-70)95-94(96-92-80-20-14-11-17-77(80)83(68-42-24-59(2)25-43-68)86(71-48-30-62(5)31-49-71)89(92)74-54-36-65(8)37-55-74)97-93-81-21-15-12-18-78(81)84(69-44-26-60(3)27-45-69)87(72-50-32-63(6)33-51-72)90(93)75-56-38-66(9)39-57-75/h10-57H,1-9H3. The van der Waals surface area contributed by atoms with Crippen LogP contribution >= 0.6 is 0 Å². The van der Waals surface area contributed by atoms with Crippen molar-refractivity contribution in [3.8, 4) is 117 Å². The summed E-state index contributed by atoms with van der Waals surface area (Å²) < 4.78 is 24.9. The molecule has 0 aliphatic carbocycles. The summed E-state index contributed by atoms with van der Waals surface area (Å²) in [6.45, 7) is 19.3. The van der Waals surface area contributed by atoms with Gasteiger partial charge in [0.2, 0.25) is 0 Å². The van der Waals surface area contributed by atoms with Gasteiger partial charge in [0.05, 0.1) is 0 Å². The van der Waals surface area contributed by atoms with Gasteiger partial charge < -0.3 is 14.0 Å². The Bertz CT molecular complexity index is 4880. The Labute approximate surface area is 571 Å². The van der Waals surface area contributed by atoms with Gasteiger partial charge in [0.25, 0.3) is 0 Å². The highest BCUT2D eigenvalue weighted by atomic mass is 16.7. The highest BCUT2D eigenvalue weighted by Gasteiger charge is 2.39. The molecule has 0 spiro atoms. The minimum Gasteiger partial charge on any atom is -0.488 e. The Morgan fingerprint density at radius 1 is 0.155 bits per heavy atom. The molecule has 97 heavy (non-hydrogen) atoms. The van der Waals surface area contributed by atoms with E-state index in [4.69, 9.17) is 14.0 Å². The average molecular weight is 1250 g/mol. The quantitative estimate of drug-likeness (QED) is 0.0958. The minimum absolute atomic E-state index is 0.614. The molecule has 0 heterocycles. The number of rotatable bonds is 15. The lowest BCUT2D eigenvalue weighted by molar-refractivity contribution is 0.313. The highest BCUT2D eigenvalue weighted by molar-refractivity contribution is 6.42. The molecule has 0 saturated heterocycles. The Balaban J connectivity index is 1.11. The van der Waals surface area contributed by atoms with E-state index in [-0.39, 0.29) is 0 Å². The van der Waals surface area contributed by atoms with Crippen LogP contribution in [0.25, 0.3) is 132 Å². The van der Waals surface area contributed by atoms with Gasteiger partial charge in [0.15, 0.2) is 0 Å². The Morgan fingerprint density at radius 2 is 0.299 bits per heavy atom. The van der Waals surface area contributed by atoms with Crippen LogP contribution in [0.15, 0.2) is 291 Å².